The predicted octanol–water partition coefficient (Wildman–Crippen LogP) is 2.21. The first-order chi connectivity index (χ1) is 12.3. The zero-order valence-electron chi connectivity index (χ0n) is 15.4. The van der Waals surface area contributed by atoms with Crippen molar-refractivity contribution in [3.8, 4) is 0 Å². The molecule has 0 fully saturated rings. The van der Waals surface area contributed by atoms with Gasteiger partial charge in [0, 0.05) is 30.9 Å². The van der Waals surface area contributed by atoms with E-state index in [1.807, 2.05) is 19.1 Å². The number of hydrogen-bond donors (Lipinski definition) is 2. The van der Waals surface area contributed by atoms with Crippen LogP contribution in [0.25, 0.3) is 0 Å². The van der Waals surface area contributed by atoms with Crippen LogP contribution in [0.15, 0.2) is 29.2 Å². The van der Waals surface area contributed by atoms with Gasteiger partial charge in [0.2, 0.25) is 16.0 Å². The van der Waals surface area contributed by atoms with Crippen LogP contribution in [-0.2, 0) is 23.0 Å². The highest BCUT2D eigenvalue weighted by Crippen LogP contribution is 2.26. The summed E-state index contributed by atoms with van der Waals surface area (Å²) in [4.78, 5) is 11.4. The molecule has 3 rings (SSSR count). The van der Waals surface area contributed by atoms with E-state index in [-0.39, 0.29) is 4.90 Å². The number of nitrogens with two attached hydrogens (primary N) is 1. The van der Waals surface area contributed by atoms with Crippen molar-refractivity contribution < 1.29 is 8.42 Å². The lowest BCUT2D eigenvalue weighted by atomic mass is 10.00. The number of benzene rings is 1. The quantitative estimate of drug-likeness (QED) is 0.831. The van der Waals surface area contributed by atoms with Crippen LogP contribution in [0.4, 0.5) is 11.8 Å². The van der Waals surface area contributed by atoms with Gasteiger partial charge in [-0.15, -0.1) is 0 Å². The number of aromatic nitrogens is 2. The fraction of sp³-hybridized carbons (Fsp3) is 0.444. The van der Waals surface area contributed by atoms with Gasteiger partial charge in [0.05, 0.1) is 4.90 Å². The van der Waals surface area contributed by atoms with Gasteiger partial charge in [-0.2, -0.15) is 4.98 Å². The Morgan fingerprint density at radius 2 is 2.04 bits per heavy atom. The second-order valence-corrected chi connectivity index (χ2v) is 8.35. The van der Waals surface area contributed by atoms with Crippen LogP contribution in [0.2, 0.25) is 0 Å². The molecule has 0 saturated carbocycles. The molecule has 0 bridgehead atoms. The summed E-state index contributed by atoms with van der Waals surface area (Å²) in [5, 5.41) is 8.58. The van der Waals surface area contributed by atoms with Crippen molar-refractivity contribution in [2.24, 2.45) is 5.14 Å². The standard InChI is InChI=1S/C18H25N5O2S/c1-4-12(2)20-18-21-13(3)9-17(22-18)23-8-7-14-5-6-16(26(19,24)25)10-15(14)11-23/h5-6,9-10,12H,4,7-8,11H2,1-3H3,(H2,19,24,25)(H,20,21,22)/t12-/m1/s1. The van der Waals surface area contributed by atoms with Gasteiger partial charge in [0.15, 0.2) is 0 Å². The molecule has 0 unspecified atom stereocenters. The maximum atomic E-state index is 11.6. The number of rotatable bonds is 5. The van der Waals surface area contributed by atoms with E-state index in [1.54, 1.807) is 12.1 Å². The van der Waals surface area contributed by atoms with Crippen LogP contribution < -0.4 is 15.4 Å². The monoisotopic (exact) mass is 375 g/mol. The van der Waals surface area contributed by atoms with E-state index in [2.05, 4.69) is 34.0 Å². The summed E-state index contributed by atoms with van der Waals surface area (Å²) in [6, 6.07) is 7.35. The van der Waals surface area contributed by atoms with E-state index in [1.165, 1.54) is 0 Å². The van der Waals surface area contributed by atoms with E-state index in [0.29, 0.717) is 18.5 Å². The third-order valence-corrected chi connectivity index (χ3v) is 5.58. The second kappa shape index (κ2) is 7.20. The molecular weight excluding hydrogens is 350 g/mol. The number of aryl methyl sites for hydroxylation is 1. The number of primary sulfonamides is 1. The van der Waals surface area contributed by atoms with Crippen molar-refractivity contribution in [3.63, 3.8) is 0 Å². The molecule has 8 heteroatoms. The first-order valence-electron chi connectivity index (χ1n) is 8.78. The average Bonchev–Trinajstić information content (AvgIpc) is 2.59. The maximum Gasteiger partial charge on any atom is 0.238 e. The first-order valence-corrected chi connectivity index (χ1v) is 10.3. The molecule has 26 heavy (non-hydrogen) atoms. The number of anilines is 2. The molecule has 1 aromatic heterocycles. The van der Waals surface area contributed by atoms with Crippen molar-refractivity contribution in [3.05, 3.63) is 41.1 Å². The topological polar surface area (TPSA) is 101 Å². The van der Waals surface area contributed by atoms with Crippen LogP contribution in [0.1, 0.15) is 37.1 Å². The molecule has 7 nitrogen and oxygen atoms in total. The second-order valence-electron chi connectivity index (χ2n) is 6.79. The molecule has 140 valence electrons. The molecule has 3 N–H and O–H groups in total. The summed E-state index contributed by atoms with van der Waals surface area (Å²) in [6.45, 7) is 7.57. The highest BCUT2D eigenvalue weighted by Gasteiger charge is 2.21. The van der Waals surface area contributed by atoms with E-state index in [0.717, 1.165) is 42.0 Å². The van der Waals surface area contributed by atoms with E-state index >= 15 is 0 Å². The van der Waals surface area contributed by atoms with Gasteiger partial charge in [0.25, 0.3) is 0 Å². The van der Waals surface area contributed by atoms with Gasteiger partial charge in [0.1, 0.15) is 5.82 Å². The Balaban J connectivity index is 1.88. The number of nitrogens with zero attached hydrogens (tertiary/aromatic N) is 3. The third-order valence-electron chi connectivity index (χ3n) is 4.67. The minimum absolute atomic E-state index is 0.149. The number of sulfonamides is 1. The smallest absolute Gasteiger partial charge is 0.238 e. The molecule has 1 aliphatic rings. The van der Waals surface area contributed by atoms with E-state index in [9.17, 15) is 8.42 Å². The summed E-state index contributed by atoms with van der Waals surface area (Å²) in [5.41, 5.74) is 3.01. The number of hydrogen-bond acceptors (Lipinski definition) is 6. The van der Waals surface area contributed by atoms with Crippen LogP contribution in [-0.4, -0.2) is 31.0 Å². The van der Waals surface area contributed by atoms with Gasteiger partial charge >= 0.3 is 0 Å². The van der Waals surface area contributed by atoms with Crippen molar-refractivity contribution in [2.75, 3.05) is 16.8 Å². The summed E-state index contributed by atoms with van der Waals surface area (Å²) in [5.74, 6) is 1.47. The summed E-state index contributed by atoms with van der Waals surface area (Å²) in [7, 11) is -3.70. The Morgan fingerprint density at radius 3 is 2.73 bits per heavy atom. The summed E-state index contributed by atoms with van der Waals surface area (Å²) < 4.78 is 23.3. The molecule has 0 saturated heterocycles. The Kier molecular flexibility index (Phi) is 5.15. The molecule has 0 radical (unpaired) electrons. The van der Waals surface area contributed by atoms with Crippen molar-refractivity contribution in [1.29, 1.82) is 0 Å². The van der Waals surface area contributed by atoms with Gasteiger partial charge in [-0.1, -0.05) is 13.0 Å². The molecule has 0 aliphatic carbocycles. The minimum Gasteiger partial charge on any atom is -0.352 e. The average molecular weight is 375 g/mol. The summed E-state index contributed by atoms with van der Waals surface area (Å²) in [6.07, 6.45) is 1.82. The molecule has 0 spiro atoms. The molecule has 1 aromatic carbocycles. The highest BCUT2D eigenvalue weighted by molar-refractivity contribution is 7.89. The zero-order chi connectivity index (χ0) is 18.9. The Bertz CT molecular complexity index is 914. The molecule has 1 atom stereocenters. The van der Waals surface area contributed by atoms with E-state index in [4.69, 9.17) is 5.14 Å². The molecule has 2 heterocycles. The van der Waals surface area contributed by atoms with Gasteiger partial charge in [-0.25, -0.2) is 18.5 Å². The fourth-order valence-electron chi connectivity index (χ4n) is 3.01. The van der Waals surface area contributed by atoms with Crippen molar-refractivity contribution >= 4 is 21.8 Å². The largest absolute Gasteiger partial charge is 0.352 e. The van der Waals surface area contributed by atoms with Gasteiger partial charge < -0.3 is 10.2 Å². The third kappa shape index (κ3) is 4.13. The van der Waals surface area contributed by atoms with Crippen LogP contribution >= 0.6 is 0 Å². The lowest BCUT2D eigenvalue weighted by Gasteiger charge is -2.30. The number of fused-ring (bicyclic) bond motifs is 1. The first kappa shape index (κ1) is 18.6. The van der Waals surface area contributed by atoms with Crippen LogP contribution in [0.5, 0.6) is 0 Å². The number of nitrogens with one attached hydrogen (secondary N) is 1. The van der Waals surface area contributed by atoms with Crippen LogP contribution in [0, 0.1) is 6.92 Å². The minimum atomic E-state index is -3.70. The Labute approximate surface area is 154 Å². The highest BCUT2D eigenvalue weighted by atomic mass is 32.2. The Hall–Kier alpha value is -2.19. The zero-order valence-corrected chi connectivity index (χ0v) is 16.2. The molecular formula is C18H25N5O2S. The normalized spacial score (nSPS) is 15.5. The Morgan fingerprint density at radius 1 is 1.27 bits per heavy atom. The molecule has 1 aliphatic heterocycles. The van der Waals surface area contributed by atoms with Gasteiger partial charge in [-0.05, 0) is 49.9 Å². The SMILES string of the molecule is CC[C@@H](C)Nc1nc(C)cc(N2CCc3ccc(S(N)(=O)=O)cc3C2)n1. The fourth-order valence-corrected chi connectivity index (χ4v) is 3.57. The maximum absolute atomic E-state index is 11.6. The van der Waals surface area contributed by atoms with Crippen LogP contribution in [0.3, 0.4) is 0 Å². The summed E-state index contributed by atoms with van der Waals surface area (Å²) >= 11 is 0. The predicted molar refractivity (Wildman–Crippen MR) is 103 cm³/mol. The molecule has 0 amide bonds. The molecule has 2 aromatic rings. The van der Waals surface area contributed by atoms with Crippen molar-refractivity contribution in [2.45, 2.75) is 51.1 Å². The lowest BCUT2D eigenvalue weighted by Crippen LogP contribution is -2.32. The van der Waals surface area contributed by atoms with Crippen molar-refractivity contribution in [1.82, 2.24) is 9.97 Å². The van der Waals surface area contributed by atoms with Gasteiger partial charge in [-0.3, -0.25) is 0 Å². The lowest BCUT2D eigenvalue weighted by molar-refractivity contribution is 0.597. The van der Waals surface area contributed by atoms with E-state index < -0.39 is 10.0 Å².